The predicted molar refractivity (Wildman–Crippen MR) is 66.1 cm³/mol. The van der Waals surface area contributed by atoms with Crippen LogP contribution in [-0.4, -0.2) is 12.1 Å². The van der Waals surface area contributed by atoms with Crippen LogP contribution in [0.4, 0.5) is 11.4 Å². The van der Waals surface area contributed by atoms with E-state index in [4.69, 9.17) is 5.73 Å². The zero-order chi connectivity index (χ0) is 10.8. The van der Waals surface area contributed by atoms with Crippen molar-refractivity contribution in [1.29, 1.82) is 0 Å². The number of para-hydroxylation sites is 2. The minimum atomic E-state index is 0.610. The lowest BCUT2D eigenvalue weighted by Gasteiger charge is -2.41. The molecule has 82 valence electrons. The van der Waals surface area contributed by atoms with Crippen molar-refractivity contribution >= 4 is 11.4 Å². The van der Waals surface area contributed by atoms with Crippen molar-refractivity contribution in [2.45, 2.75) is 45.2 Å². The molecule has 1 aliphatic heterocycles. The van der Waals surface area contributed by atoms with Gasteiger partial charge >= 0.3 is 0 Å². The molecule has 1 fully saturated rings. The Kier molecular flexibility index (Phi) is 2.85. The molecule has 2 atom stereocenters. The van der Waals surface area contributed by atoms with Crippen molar-refractivity contribution in [3.63, 3.8) is 0 Å². The third-order valence-electron chi connectivity index (χ3n) is 3.41. The van der Waals surface area contributed by atoms with Crippen LogP contribution in [-0.2, 0) is 0 Å². The van der Waals surface area contributed by atoms with Gasteiger partial charge in [-0.3, -0.25) is 0 Å². The summed E-state index contributed by atoms with van der Waals surface area (Å²) >= 11 is 0. The van der Waals surface area contributed by atoms with E-state index < -0.39 is 0 Å². The Balaban J connectivity index is 2.31. The van der Waals surface area contributed by atoms with E-state index in [1.165, 1.54) is 24.9 Å². The maximum absolute atomic E-state index is 6.03. The third-order valence-corrected chi connectivity index (χ3v) is 3.41. The van der Waals surface area contributed by atoms with Crippen LogP contribution in [0, 0.1) is 0 Å². The number of nitrogen functional groups attached to an aromatic ring is 1. The summed E-state index contributed by atoms with van der Waals surface area (Å²) in [5, 5.41) is 0. The molecule has 15 heavy (non-hydrogen) atoms. The first kappa shape index (κ1) is 10.3. The summed E-state index contributed by atoms with van der Waals surface area (Å²) in [7, 11) is 0. The number of nitrogens with two attached hydrogens (primary N) is 1. The van der Waals surface area contributed by atoms with Crippen LogP contribution in [0.15, 0.2) is 24.3 Å². The zero-order valence-electron chi connectivity index (χ0n) is 9.61. The number of anilines is 2. The highest BCUT2D eigenvalue weighted by Gasteiger charge is 2.25. The van der Waals surface area contributed by atoms with Crippen LogP contribution in [0.25, 0.3) is 0 Å². The predicted octanol–water partition coefficient (Wildman–Crippen LogP) is 3.04. The van der Waals surface area contributed by atoms with E-state index in [1.54, 1.807) is 0 Å². The van der Waals surface area contributed by atoms with Crippen LogP contribution in [0.3, 0.4) is 0 Å². The average molecular weight is 204 g/mol. The Labute approximate surface area is 92.1 Å². The summed E-state index contributed by atoms with van der Waals surface area (Å²) in [5.41, 5.74) is 8.14. The number of hydrogen-bond donors (Lipinski definition) is 1. The molecule has 0 unspecified atom stereocenters. The molecule has 0 bridgehead atoms. The second kappa shape index (κ2) is 4.13. The van der Waals surface area contributed by atoms with Gasteiger partial charge in [0.05, 0.1) is 11.4 Å². The van der Waals surface area contributed by atoms with Crippen molar-refractivity contribution in [3.05, 3.63) is 24.3 Å². The van der Waals surface area contributed by atoms with Gasteiger partial charge in [-0.2, -0.15) is 0 Å². The lowest BCUT2D eigenvalue weighted by Crippen LogP contribution is -2.44. The van der Waals surface area contributed by atoms with Crippen LogP contribution in [0.5, 0.6) is 0 Å². The fourth-order valence-electron chi connectivity index (χ4n) is 2.62. The van der Waals surface area contributed by atoms with Gasteiger partial charge in [0.1, 0.15) is 0 Å². The van der Waals surface area contributed by atoms with Crippen molar-refractivity contribution in [3.8, 4) is 0 Å². The number of rotatable bonds is 1. The number of piperidine rings is 1. The van der Waals surface area contributed by atoms with Crippen LogP contribution < -0.4 is 10.6 Å². The molecule has 0 spiro atoms. The molecule has 1 aliphatic rings. The lowest BCUT2D eigenvalue weighted by molar-refractivity contribution is 0.415. The Bertz CT molecular complexity index is 325. The van der Waals surface area contributed by atoms with Gasteiger partial charge in [0, 0.05) is 12.1 Å². The smallest absolute Gasteiger partial charge is 0.0604 e. The first-order chi connectivity index (χ1) is 7.20. The quantitative estimate of drug-likeness (QED) is 0.712. The van der Waals surface area contributed by atoms with E-state index in [-0.39, 0.29) is 0 Å². The summed E-state index contributed by atoms with van der Waals surface area (Å²) in [6, 6.07) is 9.41. The molecule has 2 rings (SSSR count). The summed E-state index contributed by atoms with van der Waals surface area (Å²) in [4.78, 5) is 2.47. The molecule has 0 saturated carbocycles. The maximum Gasteiger partial charge on any atom is 0.0604 e. The van der Waals surface area contributed by atoms with Crippen LogP contribution >= 0.6 is 0 Å². The van der Waals surface area contributed by atoms with Crippen molar-refractivity contribution in [2.75, 3.05) is 10.6 Å². The first-order valence-corrected chi connectivity index (χ1v) is 5.83. The normalized spacial score (nSPS) is 26.7. The van der Waals surface area contributed by atoms with E-state index >= 15 is 0 Å². The molecule has 2 nitrogen and oxygen atoms in total. The van der Waals surface area contributed by atoms with Crippen molar-refractivity contribution in [1.82, 2.24) is 0 Å². The Morgan fingerprint density at radius 1 is 1.13 bits per heavy atom. The molecule has 1 saturated heterocycles. The lowest BCUT2D eigenvalue weighted by atomic mass is 9.96. The highest BCUT2D eigenvalue weighted by Crippen LogP contribution is 2.32. The van der Waals surface area contributed by atoms with Crippen LogP contribution in [0.1, 0.15) is 33.1 Å². The van der Waals surface area contributed by atoms with Gasteiger partial charge in [0.15, 0.2) is 0 Å². The standard InChI is InChI=1S/C13H20N2/c1-10-6-5-7-11(2)15(10)13-9-4-3-8-12(13)14/h3-4,8-11H,5-7,14H2,1-2H3/t10-,11+. The Morgan fingerprint density at radius 2 is 1.73 bits per heavy atom. The average Bonchev–Trinajstić information content (AvgIpc) is 2.20. The Hall–Kier alpha value is -1.18. The zero-order valence-corrected chi connectivity index (χ0v) is 9.61. The topological polar surface area (TPSA) is 29.3 Å². The molecular formula is C13H20N2. The van der Waals surface area contributed by atoms with Crippen LogP contribution in [0.2, 0.25) is 0 Å². The van der Waals surface area contributed by atoms with Crippen molar-refractivity contribution < 1.29 is 0 Å². The van der Waals surface area contributed by atoms with Gasteiger partial charge in [-0.15, -0.1) is 0 Å². The largest absolute Gasteiger partial charge is 0.397 e. The highest BCUT2D eigenvalue weighted by molar-refractivity contribution is 5.68. The minimum absolute atomic E-state index is 0.610. The summed E-state index contributed by atoms with van der Waals surface area (Å²) in [6.07, 6.45) is 3.89. The van der Waals surface area contributed by atoms with Gasteiger partial charge in [0.2, 0.25) is 0 Å². The summed E-state index contributed by atoms with van der Waals surface area (Å²) in [6.45, 7) is 4.59. The molecule has 2 N–H and O–H groups in total. The second-order valence-corrected chi connectivity index (χ2v) is 4.60. The molecule has 1 aromatic carbocycles. The fraction of sp³-hybridized carbons (Fsp3) is 0.538. The van der Waals surface area contributed by atoms with Crippen molar-refractivity contribution in [2.24, 2.45) is 0 Å². The SMILES string of the molecule is C[C@@H]1CCC[C@H](C)N1c1ccccc1N. The van der Waals surface area contributed by atoms with E-state index in [1.807, 2.05) is 12.1 Å². The highest BCUT2D eigenvalue weighted by atomic mass is 15.2. The van der Waals surface area contributed by atoms with Gasteiger partial charge in [-0.05, 0) is 45.2 Å². The van der Waals surface area contributed by atoms with Gasteiger partial charge < -0.3 is 10.6 Å². The third kappa shape index (κ3) is 1.94. The fourth-order valence-corrected chi connectivity index (χ4v) is 2.62. The van der Waals surface area contributed by atoms with Gasteiger partial charge in [-0.1, -0.05) is 12.1 Å². The van der Waals surface area contributed by atoms with E-state index in [2.05, 4.69) is 30.9 Å². The number of nitrogens with zero attached hydrogens (tertiary/aromatic N) is 1. The van der Waals surface area contributed by atoms with E-state index in [0.717, 1.165) is 5.69 Å². The summed E-state index contributed by atoms with van der Waals surface area (Å²) in [5.74, 6) is 0. The number of benzene rings is 1. The molecule has 1 heterocycles. The molecule has 0 aromatic heterocycles. The number of hydrogen-bond acceptors (Lipinski definition) is 2. The van der Waals surface area contributed by atoms with E-state index in [0.29, 0.717) is 12.1 Å². The molecular weight excluding hydrogens is 184 g/mol. The maximum atomic E-state index is 6.03. The monoisotopic (exact) mass is 204 g/mol. The molecule has 2 heteroatoms. The van der Waals surface area contributed by atoms with E-state index in [9.17, 15) is 0 Å². The molecule has 0 amide bonds. The Morgan fingerprint density at radius 3 is 2.33 bits per heavy atom. The summed E-state index contributed by atoms with van der Waals surface area (Å²) < 4.78 is 0. The minimum Gasteiger partial charge on any atom is -0.397 e. The molecule has 0 radical (unpaired) electrons. The molecule has 0 aliphatic carbocycles. The first-order valence-electron chi connectivity index (χ1n) is 5.83. The van der Waals surface area contributed by atoms with Gasteiger partial charge in [-0.25, -0.2) is 0 Å². The molecule has 1 aromatic rings. The van der Waals surface area contributed by atoms with Gasteiger partial charge in [0.25, 0.3) is 0 Å². The second-order valence-electron chi connectivity index (χ2n) is 4.60.